The van der Waals surface area contributed by atoms with Crippen LogP contribution in [0.5, 0.6) is 0 Å². The molecule has 0 saturated carbocycles. The summed E-state index contributed by atoms with van der Waals surface area (Å²) in [6.07, 6.45) is 1.51. The van der Waals surface area contributed by atoms with Crippen LogP contribution in [-0.4, -0.2) is 42.2 Å². The van der Waals surface area contributed by atoms with Gasteiger partial charge in [-0.2, -0.15) is 0 Å². The number of benzene rings is 2. The topological polar surface area (TPSA) is 106 Å². The Balaban J connectivity index is 1.37. The molecule has 1 N–H and O–H groups in total. The second-order valence-electron chi connectivity index (χ2n) is 8.44. The van der Waals surface area contributed by atoms with Gasteiger partial charge in [-0.15, -0.1) is 0 Å². The standard InChI is InChI=1S/C25H24N2O6/c1-13(2)18-10-19-15(11-32-21(19)7-14(18)3)8-23(29)33-12-22(28)26-16-5-6-17-20(9-16)25(31)27(4)24(17)30/h5-7,9-11,13H,8,12H2,1-4H3,(H,26,28). The van der Waals surface area contributed by atoms with Crippen LogP contribution in [0.2, 0.25) is 0 Å². The molecule has 3 amide bonds. The van der Waals surface area contributed by atoms with E-state index in [9.17, 15) is 19.2 Å². The van der Waals surface area contributed by atoms with Gasteiger partial charge >= 0.3 is 5.97 Å². The molecule has 2 heterocycles. The maximum Gasteiger partial charge on any atom is 0.310 e. The Morgan fingerprint density at radius 3 is 2.55 bits per heavy atom. The number of anilines is 1. The Kier molecular flexibility index (Phi) is 5.76. The Hall–Kier alpha value is -3.94. The number of hydrogen-bond acceptors (Lipinski definition) is 6. The zero-order valence-corrected chi connectivity index (χ0v) is 18.9. The first-order valence-electron chi connectivity index (χ1n) is 10.6. The third-order valence-electron chi connectivity index (χ3n) is 5.74. The molecule has 0 saturated heterocycles. The van der Waals surface area contributed by atoms with E-state index in [0.717, 1.165) is 15.8 Å². The number of amides is 3. The summed E-state index contributed by atoms with van der Waals surface area (Å²) >= 11 is 0. The SMILES string of the molecule is Cc1cc2occ(CC(=O)OCC(=O)Nc3ccc4c(c3)C(=O)N(C)C4=O)c2cc1C(C)C. The molecule has 2 aromatic carbocycles. The molecular formula is C25H24N2O6. The molecule has 0 unspecified atom stereocenters. The summed E-state index contributed by atoms with van der Waals surface area (Å²) in [5.74, 6) is -1.59. The number of carbonyl (C=O) groups excluding carboxylic acids is 4. The summed E-state index contributed by atoms with van der Waals surface area (Å²) in [4.78, 5) is 49.6. The summed E-state index contributed by atoms with van der Waals surface area (Å²) < 4.78 is 10.7. The maximum absolute atomic E-state index is 12.3. The Morgan fingerprint density at radius 1 is 1.09 bits per heavy atom. The highest BCUT2D eigenvalue weighted by Crippen LogP contribution is 2.29. The van der Waals surface area contributed by atoms with Gasteiger partial charge in [-0.05, 0) is 54.3 Å². The van der Waals surface area contributed by atoms with Crippen LogP contribution < -0.4 is 5.32 Å². The van der Waals surface area contributed by atoms with E-state index in [1.165, 1.54) is 37.1 Å². The largest absolute Gasteiger partial charge is 0.464 e. The summed E-state index contributed by atoms with van der Waals surface area (Å²) in [6.45, 7) is 5.76. The van der Waals surface area contributed by atoms with Crippen LogP contribution in [0.15, 0.2) is 41.0 Å². The number of rotatable bonds is 6. The molecule has 4 rings (SSSR count). The van der Waals surface area contributed by atoms with E-state index < -0.39 is 24.4 Å². The fourth-order valence-electron chi connectivity index (χ4n) is 3.99. The van der Waals surface area contributed by atoms with E-state index in [1.807, 2.05) is 19.1 Å². The fourth-order valence-corrected chi connectivity index (χ4v) is 3.99. The van der Waals surface area contributed by atoms with Crippen molar-refractivity contribution < 1.29 is 28.3 Å². The number of nitrogens with zero attached hydrogens (tertiary/aromatic N) is 1. The second-order valence-corrected chi connectivity index (χ2v) is 8.44. The van der Waals surface area contributed by atoms with Crippen molar-refractivity contribution >= 4 is 40.3 Å². The molecule has 170 valence electrons. The van der Waals surface area contributed by atoms with Crippen LogP contribution >= 0.6 is 0 Å². The van der Waals surface area contributed by atoms with Crippen molar-refractivity contribution in [3.8, 4) is 0 Å². The number of imide groups is 1. The monoisotopic (exact) mass is 448 g/mol. The van der Waals surface area contributed by atoms with Gasteiger partial charge in [-0.25, -0.2) is 0 Å². The Morgan fingerprint density at radius 2 is 1.82 bits per heavy atom. The van der Waals surface area contributed by atoms with E-state index >= 15 is 0 Å². The Bertz CT molecular complexity index is 1300. The van der Waals surface area contributed by atoms with Crippen molar-refractivity contribution in [2.45, 2.75) is 33.1 Å². The minimum Gasteiger partial charge on any atom is -0.464 e. The molecule has 0 radical (unpaired) electrons. The van der Waals surface area contributed by atoms with Crippen molar-refractivity contribution in [1.82, 2.24) is 4.90 Å². The van der Waals surface area contributed by atoms with Gasteiger partial charge in [0.25, 0.3) is 17.7 Å². The third-order valence-corrected chi connectivity index (χ3v) is 5.74. The lowest BCUT2D eigenvalue weighted by molar-refractivity contribution is -0.146. The van der Waals surface area contributed by atoms with Crippen molar-refractivity contribution in [1.29, 1.82) is 0 Å². The first kappa shape index (κ1) is 22.3. The molecule has 8 nitrogen and oxygen atoms in total. The average Bonchev–Trinajstić information content (AvgIpc) is 3.25. The third kappa shape index (κ3) is 4.24. The van der Waals surface area contributed by atoms with E-state index in [1.54, 1.807) is 0 Å². The molecule has 33 heavy (non-hydrogen) atoms. The molecule has 3 aromatic rings. The predicted octanol–water partition coefficient (Wildman–Crippen LogP) is 3.81. The summed E-state index contributed by atoms with van der Waals surface area (Å²) in [7, 11) is 1.40. The van der Waals surface area contributed by atoms with Crippen LogP contribution in [0, 0.1) is 6.92 Å². The van der Waals surface area contributed by atoms with Gasteiger partial charge in [0, 0.05) is 23.7 Å². The van der Waals surface area contributed by atoms with E-state index in [2.05, 4.69) is 19.2 Å². The van der Waals surface area contributed by atoms with Crippen molar-refractivity contribution in [3.63, 3.8) is 0 Å². The van der Waals surface area contributed by atoms with Crippen LogP contribution in [0.25, 0.3) is 11.0 Å². The lowest BCUT2D eigenvalue weighted by atomic mass is 9.95. The van der Waals surface area contributed by atoms with E-state index in [0.29, 0.717) is 22.8 Å². The number of esters is 1. The van der Waals surface area contributed by atoms with Gasteiger partial charge in [0.1, 0.15) is 5.58 Å². The zero-order chi connectivity index (χ0) is 23.9. The molecular weight excluding hydrogens is 424 g/mol. The summed E-state index contributed by atoms with van der Waals surface area (Å²) in [5.41, 5.74) is 4.55. The first-order chi connectivity index (χ1) is 15.7. The first-order valence-corrected chi connectivity index (χ1v) is 10.6. The van der Waals surface area contributed by atoms with Crippen LogP contribution in [0.4, 0.5) is 5.69 Å². The number of fused-ring (bicyclic) bond motifs is 2. The van der Waals surface area contributed by atoms with Gasteiger partial charge < -0.3 is 14.5 Å². The summed E-state index contributed by atoms with van der Waals surface area (Å²) in [5, 5.41) is 3.43. The van der Waals surface area contributed by atoms with Gasteiger partial charge in [0.15, 0.2) is 6.61 Å². The van der Waals surface area contributed by atoms with Crippen molar-refractivity contribution in [2.75, 3.05) is 19.0 Å². The smallest absolute Gasteiger partial charge is 0.310 e. The lowest BCUT2D eigenvalue weighted by Crippen LogP contribution is -2.24. The van der Waals surface area contributed by atoms with Gasteiger partial charge in [0.2, 0.25) is 0 Å². The molecule has 1 aliphatic heterocycles. The second kappa shape index (κ2) is 8.54. The normalized spacial score (nSPS) is 13.1. The molecule has 8 heteroatoms. The molecule has 0 bridgehead atoms. The average molecular weight is 448 g/mol. The number of furan rings is 1. The van der Waals surface area contributed by atoms with Crippen LogP contribution in [0.1, 0.15) is 57.2 Å². The van der Waals surface area contributed by atoms with Crippen LogP contribution in [-0.2, 0) is 20.7 Å². The number of aryl methyl sites for hydroxylation is 1. The minimum absolute atomic E-state index is 0.0251. The van der Waals surface area contributed by atoms with Crippen molar-refractivity contribution in [2.24, 2.45) is 0 Å². The maximum atomic E-state index is 12.3. The minimum atomic E-state index is -0.559. The van der Waals surface area contributed by atoms with E-state index in [4.69, 9.17) is 9.15 Å². The molecule has 0 spiro atoms. The highest BCUT2D eigenvalue weighted by molar-refractivity contribution is 6.21. The number of hydrogen-bond donors (Lipinski definition) is 1. The highest BCUT2D eigenvalue weighted by atomic mass is 16.5. The van der Waals surface area contributed by atoms with Crippen molar-refractivity contribution in [3.05, 3.63) is 64.4 Å². The molecule has 0 atom stereocenters. The van der Waals surface area contributed by atoms with Crippen LogP contribution in [0.3, 0.4) is 0 Å². The molecule has 1 aliphatic rings. The molecule has 0 aliphatic carbocycles. The fraction of sp³-hybridized carbons (Fsp3) is 0.280. The van der Waals surface area contributed by atoms with E-state index in [-0.39, 0.29) is 23.5 Å². The quantitative estimate of drug-likeness (QED) is 0.454. The highest BCUT2D eigenvalue weighted by Gasteiger charge is 2.32. The summed E-state index contributed by atoms with van der Waals surface area (Å²) in [6, 6.07) is 8.43. The number of carbonyl (C=O) groups is 4. The molecule has 1 aromatic heterocycles. The van der Waals surface area contributed by atoms with Gasteiger partial charge in [-0.1, -0.05) is 13.8 Å². The lowest BCUT2D eigenvalue weighted by Gasteiger charge is -2.10. The predicted molar refractivity (Wildman–Crippen MR) is 121 cm³/mol. The van der Waals surface area contributed by atoms with Gasteiger partial charge in [0.05, 0.1) is 23.8 Å². The van der Waals surface area contributed by atoms with Gasteiger partial charge in [-0.3, -0.25) is 24.1 Å². The zero-order valence-electron chi connectivity index (χ0n) is 18.9. The number of ether oxygens (including phenoxy) is 1. The molecule has 0 fully saturated rings. The number of nitrogens with one attached hydrogen (secondary N) is 1. The Labute approximate surface area is 190 Å².